The quantitative estimate of drug-likeness (QED) is 0.781. The van der Waals surface area contributed by atoms with Gasteiger partial charge in [-0.15, -0.1) is 22.7 Å². The Morgan fingerprint density at radius 3 is 2.90 bits per heavy atom. The second-order valence-corrected chi connectivity index (χ2v) is 7.27. The summed E-state index contributed by atoms with van der Waals surface area (Å²) in [6, 6.07) is 10.4. The van der Waals surface area contributed by atoms with Gasteiger partial charge in [0.2, 0.25) is 0 Å². The van der Waals surface area contributed by atoms with Gasteiger partial charge in [-0.1, -0.05) is 18.2 Å². The average Bonchev–Trinajstić information content (AvgIpc) is 2.94. The zero-order chi connectivity index (χ0) is 13.5. The van der Waals surface area contributed by atoms with Crippen LogP contribution < -0.4 is 10.6 Å². The molecule has 1 fully saturated rings. The summed E-state index contributed by atoms with van der Waals surface area (Å²) in [6.07, 6.45) is 0. The van der Waals surface area contributed by atoms with E-state index in [2.05, 4.69) is 34.9 Å². The average molecular weight is 302 g/mol. The number of thiophene rings is 2. The zero-order valence-corrected chi connectivity index (χ0v) is 12.4. The van der Waals surface area contributed by atoms with Crippen molar-refractivity contribution < 1.29 is 4.79 Å². The number of fused-ring (bicyclic) bond motifs is 3. The van der Waals surface area contributed by atoms with Crippen molar-refractivity contribution >= 4 is 48.1 Å². The highest BCUT2D eigenvalue weighted by atomic mass is 32.1. The number of hydrogen-bond donors (Lipinski definition) is 2. The van der Waals surface area contributed by atoms with Crippen molar-refractivity contribution in [2.45, 2.75) is 0 Å². The lowest BCUT2D eigenvalue weighted by atomic mass is 10.0. The third-order valence-electron chi connectivity index (χ3n) is 3.69. The molecule has 3 aromatic rings. The Morgan fingerprint density at radius 1 is 1.25 bits per heavy atom. The van der Waals surface area contributed by atoms with Crippen LogP contribution in [0.1, 0.15) is 9.67 Å². The van der Waals surface area contributed by atoms with Crippen LogP contribution in [0.2, 0.25) is 0 Å². The molecule has 1 aliphatic heterocycles. The minimum atomic E-state index is 0.0642. The van der Waals surface area contributed by atoms with Gasteiger partial charge in [0.25, 0.3) is 5.91 Å². The first-order chi connectivity index (χ1) is 9.81. The van der Waals surface area contributed by atoms with Gasteiger partial charge in [-0.3, -0.25) is 4.79 Å². The van der Waals surface area contributed by atoms with Crippen LogP contribution in [0.3, 0.4) is 0 Å². The maximum atomic E-state index is 12.2. The van der Waals surface area contributed by atoms with Crippen LogP contribution in [0.25, 0.3) is 19.5 Å². The molecule has 0 radical (unpaired) electrons. The fraction of sp³-hybridized carbons (Fsp3) is 0.267. The molecule has 0 spiro atoms. The summed E-state index contributed by atoms with van der Waals surface area (Å²) in [5.41, 5.74) is 0. The van der Waals surface area contributed by atoms with Gasteiger partial charge in [0.1, 0.15) is 0 Å². The van der Waals surface area contributed by atoms with E-state index in [-0.39, 0.29) is 5.91 Å². The lowest BCUT2D eigenvalue weighted by molar-refractivity contribution is 0.0946. The molecule has 2 aromatic heterocycles. The molecule has 0 atom stereocenters. The largest absolute Gasteiger partial charge is 0.351 e. The van der Waals surface area contributed by atoms with E-state index in [4.69, 9.17) is 0 Å². The Balaban J connectivity index is 1.61. The van der Waals surface area contributed by atoms with Crippen LogP contribution in [-0.2, 0) is 0 Å². The topological polar surface area (TPSA) is 41.1 Å². The summed E-state index contributed by atoms with van der Waals surface area (Å²) in [7, 11) is 0. The smallest absolute Gasteiger partial charge is 0.261 e. The number of benzene rings is 1. The Kier molecular flexibility index (Phi) is 2.98. The van der Waals surface area contributed by atoms with E-state index in [1.54, 1.807) is 22.7 Å². The molecule has 1 amide bonds. The number of carbonyl (C=O) groups is 1. The van der Waals surface area contributed by atoms with Crippen molar-refractivity contribution in [3.8, 4) is 0 Å². The molecule has 3 nitrogen and oxygen atoms in total. The van der Waals surface area contributed by atoms with Crippen molar-refractivity contribution in [1.82, 2.24) is 10.6 Å². The Morgan fingerprint density at radius 2 is 2.10 bits per heavy atom. The summed E-state index contributed by atoms with van der Waals surface area (Å²) in [5.74, 6) is 0.662. The number of amides is 1. The van der Waals surface area contributed by atoms with Crippen LogP contribution in [-0.4, -0.2) is 25.5 Å². The second kappa shape index (κ2) is 4.84. The molecule has 3 heterocycles. The van der Waals surface area contributed by atoms with Gasteiger partial charge in [0, 0.05) is 40.3 Å². The molecule has 20 heavy (non-hydrogen) atoms. The van der Waals surface area contributed by atoms with Crippen molar-refractivity contribution in [1.29, 1.82) is 0 Å². The monoisotopic (exact) mass is 302 g/mol. The van der Waals surface area contributed by atoms with Crippen molar-refractivity contribution in [2.24, 2.45) is 5.92 Å². The lowest BCUT2D eigenvalue weighted by Crippen LogP contribution is -2.48. The normalized spacial score (nSPS) is 15.6. The molecule has 2 N–H and O–H groups in total. The van der Waals surface area contributed by atoms with Gasteiger partial charge in [-0.25, -0.2) is 0 Å². The zero-order valence-electron chi connectivity index (χ0n) is 10.8. The molecule has 0 aliphatic carbocycles. The predicted molar refractivity (Wildman–Crippen MR) is 85.9 cm³/mol. The second-order valence-electron chi connectivity index (χ2n) is 5.14. The van der Waals surface area contributed by atoms with E-state index >= 15 is 0 Å². The van der Waals surface area contributed by atoms with Gasteiger partial charge in [0.15, 0.2) is 0 Å². The summed E-state index contributed by atoms with van der Waals surface area (Å²) in [4.78, 5) is 13.0. The minimum absolute atomic E-state index is 0.0642. The highest BCUT2D eigenvalue weighted by Crippen LogP contribution is 2.39. The van der Waals surface area contributed by atoms with Gasteiger partial charge in [-0.05, 0) is 12.1 Å². The summed E-state index contributed by atoms with van der Waals surface area (Å²) in [5, 5.41) is 7.51. The molecule has 0 unspecified atom stereocenters. The molecule has 0 saturated carbocycles. The highest BCUT2D eigenvalue weighted by Gasteiger charge is 2.19. The standard InChI is InChI=1S/C15H14N2OS2/c18-15(17-8-9-6-16-7-9)13-5-12-14(20-13)10-3-1-2-4-11(10)19-12/h1-5,9,16H,6-8H2,(H,17,18). The molecule has 5 heteroatoms. The fourth-order valence-corrected chi connectivity index (χ4v) is 4.87. The number of hydrogen-bond acceptors (Lipinski definition) is 4. The van der Waals surface area contributed by atoms with Gasteiger partial charge < -0.3 is 10.6 Å². The van der Waals surface area contributed by atoms with Gasteiger partial charge in [0.05, 0.1) is 9.58 Å². The number of rotatable bonds is 3. The van der Waals surface area contributed by atoms with Crippen LogP contribution in [0, 0.1) is 5.92 Å². The minimum Gasteiger partial charge on any atom is -0.351 e. The highest BCUT2D eigenvalue weighted by molar-refractivity contribution is 7.33. The maximum absolute atomic E-state index is 12.2. The lowest BCUT2D eigenvalue weighted by Gasteiger charge is -2.26. The van der Waals surface area contributed by atoms with Crippen LogP contribution in [0.4, 0.5) is 0 Å². The molecular formula is C15H14N2OS2. The van der Waals surface area contributed by atoms with E-state index < -0.39 is 0 Å². The van der Waals surface area contributed by atoms with Gasteiger partial charge >= 0.3 is 0 Å². The molecular weight excluding hydrogens is 288 g/mol. The molecule has 1 aliphatic rings. The first kappa shape index (κ1) is 12.3. The van der Waals surface area contributed by atoms with E-state index in [1.807, 2.05) is 6.07 Å². The van der Waals surface area contributed by atoms with Crippen LogP contribution >= 0.6 is 22.7 Å². The third kappa shape index (κ3) is 2.02. The summed E-state index contributed by atoms with van der Waals surface area (Å²) < 4.78 is 3.74. The Bertz CT molecular complexity index is 785. The Hall–Kier alpha value is -1.43. The van der Waals surface area contributed by atoms with Crippen molar-refractivity contribution in [3.63, 3.8) is 0 Å². The van der Waals surface area contributed by atoms with E-state index in [1.165, 1.54) is 19.5 Å². The fourth-order valence-electron chi connectivity index (χ4n) is 2.43. The van der Waals surface area contributed by atoms with E-state index in [9.17, 15) is 4.79 Å². The van der Waals surface area contributed by atoms with Crippen molar-refractivity contribution in [3.05, 3.63) is 35.2 Å². The first-order valence-electron chi connectivity index (χ1n) is 6.71. The van der Waals surface area contributed by atoms with Gasteiger partial charge in [-0.2, -0.15) is 0 Å². The molecule has 4 rings (SSSR count). The number of nitrogens with one attached hydrogen (secondary N) is 2. The SMILES string of the molecule is O=C(NCC1CNC1)c1cc2sc3ccccc3c2s1. The van der Waals surface area contributed by atoms with E-state index in [0.717, 1.165) is 24.5 Å². The summed E-state index contributed by atoms with van der Waals surface area (Å²) >= 11 is 3.36. The molecule has 102 valence electrons. The first-order valence-corrected chi connectivity index (χ1v) is 8.34. The molecule has 0 bridgehead atoms. The maximum Gasteiger partial charge on any atom is 0.261 e. The summed E-state index contributed by atoms with van der Waals surface area (Å²) in [6.45, 7) is 2.81. The number of carbonyl (C=O) groups excluding carboxylic acids is 1. The Labute approximate surface area is 124 Å². The van der Waals surface area contributed by atoms with E-state index in [0.29, 0.717) is 5.92 Å². The third-order valence-corrected chi connectivity index (χ3v) is 6.10. The predicted octanol–water partition coefficient (Wildman–Crippen LogP) is 3.07. The van der Waals surface area contributed by atoms with Crippen LogP contribution in [0.15, 0.2) is 30.3 Å². The molecule has 1 saturated heterocycles. The van der Waals surface area contributed by atoms with Crippen LogP contribution in [0.5, 0.6) is 0 Å². The molecule has 1 aromatic carbocycles. The van der Waals surface area contributed by atoms with Crippen molar-refractivity contribution in [2.75, 3.05) is 19.6 Å².